The SMILES string of the molecule is CN1CCC/C(=N/O)CC1. The van der Waals surface area contributed by atoms with E-state index in [0.717, 1.165) is 38.1 Å². The number of rotatable bonds is 0. The second-order valence-electron chi connectivity index (χ2n) is 2.82. The Bertz CT molecular complexity index is 134. The van der Waals surface area contributed by atoms with Crippen LogP contribution >= 0.6 is 0 Å². The molecule has 0 spiro atoms. The molecule has 0 amide bonds. The second kappa shape index (κ2) is 3.56. The van der Waals surface area contributed by atoms with Crippen LogP contribution in [-0.4, -0.2) is 36.0 Å². The topological polar surface area (TPSA) is 35.8 Å². The number of likely N-dealkylation sites (tertiary alicyclic amines) is 1. The summed E-state index contributed by atoms with van der Waals surface area (Å²) in [4.78, 5) is 2.26. The van der Waals surface area contributed by atoms with Gasteiger partial charge in [-0.15, -0.1) is 0 Å². The van der Waals surface area contributed by atoms with E-state index in [2.05, 4.69) is 17.1 Å². The minimum absolute atomic E-state index is 0.924. The third-order valence-electron chi connectivity index (χ3n) is 1.93. The summed E-state index contributed by atoms with van der Waals surface area (Å²) in [6.45, 7) is 2.15. The molecule has 0 saturated carbocycles. The average Bonchev–Trinajstić information content (AvgIpc) is 2.14. The fourth-order valence-electron chi connectivity index (χ4n) is 1.21. The Labute approximate surface area is 61.3 Å². The van der Waals surface area contributed by atoms with Crippen molar-refractivity contribution in [2.75, 3.05) is 20.1 Å². The molecule has 0 atom stereocenters. The molecule has 0 aromatic heterocycles. The Kier molecular flexibility index (Phi) is 2.68. The molecule has 1 aliphatic heterocycles. The van der Waals surface area contributed by atoms with Crippen LogP contribution in [0.5, 0.6) is 0 Å². The number of hydrogen-bond acceptors (Lipinski definition) is 3. The molecular weight excluding hydrogens is 128 g/mol. The Hall–Kier alpha value is -0.570. The van der Waals surface area contributed by atoms with E-state index >= 15 is 0 Å². The standard InChI is InChI=1S/C7H14N2O/c1-9-5-2-3-7(8-10)4-6-9/h10H,2-6H2,1H3/b8-7-. The Morgan fingerprint density at radius 1 is 1.40 bits per heavy atom. The molecule has 0 radical (unpaired) electrons. The van der Waals surface area contributed by atoms with Gasteiger partial charge in [0.2, 0.25) is 0 Å². The molecule has 0 bridgehead atoms. The van der Waals surface area contributed by atoms with Crippen molar-refractivity contribution in [2.24, 2.45) is 5.16 Å². The van der Waals surface area contributed by atoms with Crippen LogP contribution in [0.4, 0.5) is 0 Å². The highest BCUT2D eigenvalue weighted by Gasteiger charge is 2.08. The van der Waals surface area contributed by atoms with Gasteiger partial charge in [0.15, 0.2) is 0 Å². The average molecular weight is 142 g/mol. The fraction of sp³-hybridized carbons (Fsp3) is 0.857. The van der Waals surface area contributed by atoms with Crippen molar-refractivity contribution in [2.45, 2.75) is 19.3 Å². The maximum absolute atomic E-state index is 8.47. The number of hydrogen-bond donors (Lipinski definition) is 1. The smallest absolute Gasteiger partial charge is 0.0584 e. The number of nitrogens with zero attached hydrogens (tertiary/aromatic N) is 2. The van der Waals surface area contributed by atoms with Crippen LogP contribution in [0.2, 0.25) is 0 Å². The van der Waals surface area contributed by atoms with Crippen LogP contribution in [0.25, 0.3) is 0 Å². The molecule has 0 aromatic rings. The van der Waals surface area contributed by atoms with E-state index in [0.29, 0.717) is 0 Å². The molecule has 1 N–H and O–H groups in total. The zero-order chi connectivity index (χ0) is 7.40. The molecule has 3 heteroatoms. The van der Waals surface area contributed by atoms with Crippen molar-refractivity contribution in [3.8, 4) is 0 Å². The summed E-state index contributed by atoms with van der Waals surface area (Å²) in [6.07, 6.45) is 3.00. The third-order valence-corrected chi connectivity index (χ3v) is 1.93. The van der Waals surface area contributed by atoms with Gasteiger partial charge in [0, 0.05) is 13.0 Å². The molecule has 0 aliphatic carbocycles. The van der Waals surface area contributed by atoms with Crippen molar-refractivity contribution >= 4 is 5.71 Å². The van der Waals surface area contributed by atoms with Crippen molar-refractivity contribution in [1.29, 1.82) is 0 Å². The molecule has 1 saturated heterocycles. The summed E-state index contributed by atoms with van der Waals surface area (Å²) in [6, 6.07) is 0. The zero-order valence-electron chi connectivity index (χ0n) is 6.38. The van der Waals surface area contributed by atoms with E-state index < -0.39 is 0 Å². The lowest BCUT2D eigenvalue weighted by atomic mass is 10.2. The predicted molar refractivity (Wildman–Crippen MR) is 40.6 cm³/mol. The van der Waals surface area contributed by atoms with Gasteiger partial charge >= 0.3 is 0 Å². The van der Waals surface area contributed by atoms with E-state index in [1.54, 1.807) is 0 Å². The van der Waals surface area contributed by atoms with E-state index in [-0.39, 0.29) is 0 Å². The summed E-state index contributed by atoms with van der Waals surface area (Å²) in [5, 5.41) is 11.7. The highest BCUT2D eigenvalue weighted by Crippen LogP contribution is 2.05. The van der Waals surface area contributed by atoms with E-state index in [4.69, 9.17) is 5.21 Å². The van der Waals surface area contributed by atoms with Crippen molar-refractivity contribution < 1.29 is 5.21 Å². The van der Waals surface area contributed by atoms with Gasteiger partial charge in [0.25, 0.3) is 0 Å². The van der Waals surface area contributed by atoms with Crippen LogP contribution in [0, 0.1) is 0 Å². The number of oxime groups is 1. The largest absolute Gasteiger partial charge is 0.411 e. The van der Waals surface area contributed by atoms with E-state index in [1.807, 2.05) is 0 Å². The quantitative estimate of drug-likeness (QED) is 0.403. The van der Waals surface area contributed by atoms with Crippen LogP contribution < -0.4 is 0 Å². The fourth-order valence-corrected chi connectivity index (χ4v) is 1.21. The third kappa shape index (κ3) is 1.99. The summed E-state index contributed by atoms with van der Waals surface area (Å²) < 4.78 is 0. The minimum atomic E-state index is 0.924. The van der Waals surface area contributed by atoms with Crippen LogP contribution in [0.1, 0.15) is 19.3 Å². The molecule has 0 unspecified atom stereocenters. The van der Waals surface area contributed by atoms with Crippen molar-refractivity contribution in [1.82, 2.24) is 4.90 Å². The van der Waals surface area contributed by atoms with Crippen molar-refractivity contribution in [3.63, 3.8) is 0 Å². The van der Waals surface area contributed by atoms with Gasteiger partial charge in [-0.25, -0.2) is 0 Å². The van der Waals surface area contributed by atoms with Gasteiger partial charge in [-0.1, -0.05) is 5.16 Å². The molecule has 58 valence electrons. The highest BCUT2D eigenvalue weighted by molar-refractivity contribution is 5.84. The molecule has 3 nitrogen and oxygen atoms in total. The molecular formula is C7H14N2O. The summed E-state index contributed by atoms with van der Waals surface area (Å²) in [5.74, 6) is 0. The van der Waals surface area contributed by atoms with E-state index in [9.17, 15) is 0 Å². The van der Waals surface area contributed by atoms with Crippen LogP contribution in [-0.2, 0) is 0 Å². The van der Waals surface area contributed by atoms with Crippen LogP contribution in [0.3, 0.4) is 0 Å². The lowest BCUT2D eigenvalue weighted by molar-refractivity contribution is 0.315. The highest BCUT2D eigenvalue weighted by atomic mass is 16.4. The van der Waals surface area contributed by atoms with Gasteiger partial charge in [0.1, 0.15) is 0 Å². The summed E-state index contributed by atoms with van der Waals surface area (Å²) in [7, 11) is 2.10. The maximum atomic E-state index is 8.47. The zero-order valence-corrected chi connectivity index (χ0v) is 6.38. The van der Waals surface area contributed by atoms with E-state index in [1.165, 1.54) is 0 Å². The van der Waals surface area contributed by atoms with Crippen molar-refractivity contribution in [3.05, 3.63) is 0 Å². The minimum Gasteiger partial charge on any atom is -0.411 e. The Morgan fingerprint density at radius 2 is 2.20 bits per heavy atom. The van der Waals surface area contributed by atoms with Gasteiger partial charge in [-0.2, -0.15) is 0 Å². The molecule has 1 rings (SSSR count). The lowest BCUT2D eigenvalue weighted by Gasteiger charge is -2.10. The monoisotopic (exact) mass is 142 g/mol. The Morgan fingerprint density at radius 3 is 2.90 bits per heavy atom. The predicted octanol–water partition coefficient (Wildman–Crippen LogP) is 0.932. The molecule has 1 aliphatic rings. The van der Waals surface area contributed by atoms with Gasteiger partial charge in [0.05, 0.1) is 5.71 Å². The first kappa shape index (κ1) is 7.54. The first-order valence-corrected chi connectivity index (χ1v) is 3.71. The first-order valence-electron chi connectivity index (χ1n) is 3.71. The van der Waals surface area contributed by atoms with Gasteiger partial charge in [-0.05, 0) is 26.4 Å². The van der Waals surface area contributed by atoms with Gasteiger partial charge < -0.3 is 10.1 Å². The molecule has 1 fully saturated rings. The van der Waals surface area contributed by atoms with Crippen LogP contribution in [0.15, 0.2) is 5.16 Å². The first-order chi connectivity index (χ1) is 4.83. The normalized spacial score (nSPS) is 26.7. The maximum Gasteiger partial charge on any atom is 0.0584 e. The summed E-state index contributed by atoms with van der Waals surface area (Å²) >= 11 is 0. The molecule has 0 aromatic carbocycles. The molecule has 1 heterocycles. The molecule has 10 heavy (non-hydrogen) atoms. The summed E-state index contributed by atoms with van der Waals surface area (Å²) in [5.41, 5.74) is 0.948. The second-order valence-corrected chi connectivity index (χ2v) is 2.82. The van der Waals surface area contributed by atoms with Gasteiger partial charge in [-0.3, -0.25) is 0 Å². The lowest BCUT2D eigenvalue weighted by Crippen LogP contribution is -2.18. The Balaban J connectivity index is 2.41.